The van der Waals surface area contributed by atoms with Gasteiger partial charge in [0.1, 0.15) is 24.0 Å². The van der Waals surface area contributed by atoms with Crippen molar-refractivity contribution in [2.24, 2.45) is 0 Å². The molecule has 0 radical (unpaired) electrons. The van der Waals surface area contributed by atoms with Crippen LogP contribution in [0.5, 0.6) is 0 Å². The molecule has 3 aromatic rings. The number of hydrogen-bond acceptors (Lipinski definition) is 5. The predicted octanol–water partition coefficient (Wildman–Crippen LogP) is 2.09. The van der Waals surface area contributed by atoms with Gasteiger partial charge in [0.2, 0.25) is 5.89 Å². The van der Waals surface area contributed by atoms with Gasteiger partial charge in [-0.25, -0.2) is 14.6 Å². The van der Waals surface area contributed by atoms with E-state index in [0.29, 0.717) is 23.0 Å². The highest BCUT2D eigenvalue weighted by Gasteiger charge is 2.27. The zero-order valence-corrected chi connectivity index (χ0v) is 12.6. The second-order valence-electron chi connectivity index (χ2n) is 6.05. The van der Waals surface area contributed by atoms with Crippen LogP contribution >= 0.6 is 0 Å². The highest BCUT2D eigenvalue weighted by atomic mass is 16.4. The SMILES string of the molecule is CC(C)c1cnc(Cn2cnc3c(cnn3C3CC3)c2=O)o1. The van der Waals surface area contributed by atoms with E-state index in [1.54, 1.807) is 18.7 Å². The molecule has 7 nitrogen and oxygen atoms in total. The Labute approximate surface area is 126 Å². The molecule has 3 aromatic heterocycles. The molecule has 0 bridgehead atoms. The number of rotatable bonds is 4. The van der Waals surface area contributed by atoms with E-state index < -0.39 is 0 Å². The van der Waals surface area contributed by atoms with E-state index in [1.807, 2.05) is 18.5 Å². The van der Waals surface area contributed by atoms with Crippen LogP contribution in [-0.4, -0.2) is 24.3 Å². The minimum absolute atomic E-state index is 0.110. The van der Waals surface area contributed by atoms with Crippen molar-refractivity contribution in [3.63, 3.8) is 0 Å². The summed E-state index contributed by atoms with van der Waals surface area (Å²) in [7, 11) is 0. The Morgan fingerprint density at radius 3 is 2.82 bits per heavy atom. The molecule has 114 valence electrons. The lowest BCUT2D eigenvalue weighted by atomic mass is 10.2. The minimum Gasteiger partial charge on any atom is -0.443 e. The summed E-state index contributed by atoms with van der Waals surface area (Å²) in [6.45, 7) is 4.36. The summed E-state index contributed by atoms with van der Waals surface area (Å²) in [6.07, 6.45) is 7.08. The van der Waals surface area contributed by atoms with Crippen LogP contribution in [0, 0.1) is 0 Å². The van der Waals surface area contributed by atoms with E-state index in [2.05, 4.69) is 15.1 Å². The molecule has 1 fully saturated rings. The molecule has 1 aliphatic carbocycles. The third-order valence-corrected chi connectivity index (χ3v) is 3.92. The Hall–Kier alpha value is -2.44. The first-order valence-electron chi connectivity index (χ1n) is 7.50. The number of fused-ring (bicyclic) bond motifs is 1. The normalized spacial score (nSPS) is 15.0. The zero-order chi connectivity index (χ0) is 15.3. The molecule has 0 unspecified atom stereocenters. The van der Waals surface area contributed by atoms with E-state index in [4.69, 9.17) is 4.42 Å². The van der Waals surface area contributed by atoms with Crippen molar-refractivity contribution in [3.05, 3.63) is 40.7 Å². The first-order valence-corrected chi connectivity index (χ1v) is 7.50. The lowest BCUT2D eigenvalue weighted by Gasteiger charge is -2.03. The first kappa shape index (κ1) is 13.2. The van der Waals surface area contributed by atoms with E-state index in [9.17, 15) is 4.79 Å². The van der Waals surface area contributed by atoms with Crippen molar-refractivity contribution >= 4 is 11.0 Å². The predicted molar refractivity (Wildman–Crippen MR) is 79.8 cm³/mol. The van der Waals surface area contributed by atoms with Gasteiger partial charge >= 0.3 is 0 Å². The molecular formula is C15H17N5O2. The monoisotopic (exact) mass is 299 g/mol. The topological polar surface area (TPSA) is 78.7 Å². The van der Waals surface area contributed by atoms with Gasteiger partial charge in [-0.3, -0.25) is 9.36 Å². The molecule has 0 aromatic carbocycles. The average Bonchev–Trinajstić information content (AvgIpc) is 3.07. The fourth-order valence-corrected chi connectivity index (χ4v) is 2.48. The van der Waals surface area contributed by atoms with Crippen LogP contribution in [0.15, 0.2) is 27.9 Å². The Bertz CT molecular complexity index is 885. The van der Waals surface area contributed by atoms with Crippen LogP contribution in [0.25, 0.3) is 11.0 Å². The average molecular weight is 299 g/mol. The Morgan fingerprint density at radius 2 is 2.14 bits per heavy atom. The largest absolute Gasteiger partial charge is 0.443 e. The molecule has 0 N–H and O–H groups in total. The molecule has 22 heavy (non-hydrogen) atoms. The molecule has 0 amide bonds. The van der Waals surface area contributed by atoms with E-state index in [1.165, 1.54) is 4.57 Å². The third-order valence-electron chi connectivity index (χ3n) is 3.92. The number of nitrogens with zero attached hydrogens (tertiary/aromatic N) is 5. The zero-order valence-electron chi connectivity index (χ0n) is 12.6. The molecule has 0 aliphatic heterocycles. The number of aromatic nitrogens is 5. The summed E-state index contributed by atoms with van der Waals surface area (Å²) in [5.74, 6) is 1.61. The molecule has 0 atom stereocenters. The maximum Gasteiger partial charge on any atom is 0.264 e. The minimum atomic E-state index is -0.110. The van der Waals surface area contributed by atoms with Crippen LogP contribution in [0.1, 0.15) is 50.3 Å². The van der Waals surface area contributed by atoms with Crippen molar-refractivity contribution in [2.75, 3.05) is 0 Å². The maximum atomic E-state index is 12.5. The van der Waals surface area contributed by atoms with Gasteiger partial charge in [-0.1, -0.05) is 13.8 Å². The van der Waals surface area contributed by atoms with Gasteiger partial charge in [-0.15, -0.1) is 0 Å². The standard InChI is InChI=1S/C15H17N5O2/c1-9(2)12-6-16-13(22-12)7-19-8-17-14-11(15(19)21)5-18-20(14)10-3-4-10/h5-6,8-10H,3-4,7H2,1-2H3. The molecule has 0 saturated heterocycles. The summed E-state index contributed by atoms with van der Waals surface area (Å²) in [5.41, 5.74) is 0.556. The van der Waals surface area contributed by atoms with Gasteiger partial charge < -0.3 is 4.42 Å². The number of hydrogen-bond donors (Lipinski definition) is 0. The van der Waals surface area contributed by atoms with Crippen LogP contribution in [-0.2, 0) is 6.54 Å². The summed E-state index contributed by atoms with van der Waals surface area (Å²) in [5, 5.41) is 4.84. The fourth-order valence-electron chi connectivity index (χ4n) is 2.48. The molecule has 1 saturated carbocycles. The second kappa shape index (κ2) is 4.79. The maximum absolute atomic E-state index is 12.5. The lowest BCUT2D eigenvalue weighted by molar-refractivity contribution is 0.426. The van der Waals surface area contributed by atoms with Gasteiger partial charge in [0.05, 0.1) is 18.4 Å². The Morgan fingerprint density at radius 1 is 1.32 bits per heavy atom. The van der Waals surface area contributed by atoms with E-state index in [-0.39, 0.29) is 18.0 Å². The van der Waals surface area contributed by atoms with Crippen molar-refractivity contribution in [1.29, 1.82) is 0 Å². The van der Waals surface area contributed by atoms with Gasteiger partial charge in [0.25, 0.3) is 5.56 Å². The van der Waals surface area contributed by atoms with Crippen molar-refractivity contribution < 1.29 is 4.42 Å². The molecule has 4 rings (SSSR count). The summed E-state index contributed by atoms with van der Waals surface area (Å²) >= 11 is 0. The smallest absolute Gasteiger partial charge is 0.264 e. The van der Waals surface area contributed by atoms with Gasteiger partial charge in [-0.2, -0.15) is 5.10 Å². The lowest BCUT2D eigenvalue weighted by Crippen LogP contribution is -2.21. The van der Waals surface area contributed by atoms with Gasteiger partial charge in [0, 0.05) is 5.92 Å². The van der Waals surface area contributed by atoms with Crippen LogP contribution in [0.4, 0.5) is 0 Å². The fraction of sp³-hybridized carbons (Fsp3) is 0.467. The van der Waals surface area contributed by atoms with Crippen molar-refractivity contribution in [1.82, 2.24) is 24.3 Å². The van der Waals surface area contributed by atoms with E-state index >= 15 is 0 Å². The summed E-state index contributed by atoms with van der Waals surface area (Å²) in [6, 6.07) is 0.403. The molecular weight excluding hydrogens is 282 g/mol. The van der Waals surface area contributed by atoms with Crippen LogP contribution < -0.4 is 5.56 Å². The first-order chi connectivity index (χ1) is 10.6. The van der Waals surface area contributed by atoms with Crippen LogP contribution in [0.3, 0.4) is 0 Å². The Balaban J connectivity index is 1.69. The molecule has 1 aliphatic rings. The van der Waals surface area contributed by atoms with Gasteiger partial charge in [-0.05, 0) is 12.8 Å². The number of oxazole rings is 1. The second-order valence-corrected chi connectivity index (χ2v) is 6.05. The summed E-state index contributed by atoms with van der Waals surface area (Å²) < 4.78 is 9.01. The molecule has 0 spiro atoms. The quantitative estimate of drug-likeness (QED) is 0.737. The highest BCUT2D eigenvalue weighted by molar-refractivity contribution is 5.73. The Kier molecular flexibility index (Phi) is 2.88. The highest BCUT2D eigenvalue weighted by Crippen LogP contribution is 2.35. The van der Waals surface area contributed by atoms with E-state index in [0.717, 1.165) is 18.6 Å². The molecule has 3 heterocycles. The molecule has 7 heteroatoms. The van der Waals surface area contributed by atoms with Crippen molar-refractivity contribution in [2.45, 2.75) is 45.2 Å². The summed E-state index contributed by atoms with van der Waals surface area (Å²) in [4.78, 5) is 21.1. The van der Waals surface area contributed by atoms with Gasteiger partial charge in [0.15, 0.2) is 5.65 Å². The van der Waals surface area contributed by atoms with Crippen LogP contribution in [0.2, 0.25) is 0 Å². The van der Waals surface area contributed by atoms with Crippen molar-refractivity contribution in [3.8, 4) is 0 Å². The third kappa shape index (κ3) is 2.13.